The largest absolute Gasteiger partial charge is 0.491 e. The van der Waals surface area contributed by atoms with E-state index in [1.165, 1.54) is 0 Å². The lowest BCUT2D eigenvalue weighted by atomic mass is 10.2. The van der Waals surface area contributed by atoms with Crippen LogP contribution in [0.3, 0.4) is 0 Å². The van der Waals surface area contributed by atoms with Gasteiger partial charge in [-0.15, -0.1) is 0 Å². The summed E-state index contributed by atoms with van der Waals surface area (Å²) >= 11 is 0. The zero-order valence-corrected chi connectivity index (χ0v) is 18.0. The molecule has 30 heavy (non-hydrogen) atoms. The molecule has 0 saturated carbocycles. The highest BCUT2D eigenvalue weighted by molar-refractivity contribution is 5.28. The Morgan fingerprint density at radius 3 is 1.50 bits per heavy atom. The number of hydrogen-bond acceptors (Lipinski definition) is 6. The first kappa shape index (κ1) is 22.6. The second kappa shape index (κ2) is 11.3. The minimum atomic E-state index is -0.523. The summed E-state index contributed by atoms with van der Waals surface area (Å²) in [7, 11) is 0. The molecule has 0 bridgehead atoms. The second-order valence-electron chi connectivity index (χ2n) is 8.16. The lowest BCUT2D eigenvalue weighted by Gasteiger charge is -2.36. The van der Waals surface area contributed by atoms with Crippen molar-refractivity contribution in [2.24, 2.45) is 0 Å². The Kier molecular flexibility index (Phi) is 8.51. The SMILES string of the molecule is Cc1cccc(OC[C@H](O)CN2CCN(C[C@@H](O)COc3cccc(C)c3)CC2)c1. The molecule has 2 aromatic rings. The first-order valence-electron chi connectivity index (χ1n) is 10.7. The number of nitrogens with zero attached hydrogens (tertiary/aromatic N) is 2. The van der Waals surface area contributed by atoms with Crippen LogP contribution < -0.4 is 9.47 Å². The Morgan fingerprint density at radius 1 is 0.733 bits per heavy atom. The van der Waals surface area contributed by atoms with Crippen molar-refractivity contribution in [3.8, 4) is 11.5 Å². The van der Waals surface area contributed by atoms with Crippen molar-refractivity contribution in [3.05, 3.63) is 59.7 Å². The maximum atomic E-state index is 10.3. The molecule has 164 valence electrons. The minimum absolute atomic E-state index is 0.290. The van der Waals surface area contributed by atoms with E-state index in [0.29, 0.717) is 26.3 Å². The molecule has 0 unspecified atom stereocenters. The molecule has 2 aromatic carbocycles. The van der Waals surface area contributed by atoms with Crippen LogP contribution in [0.25, 0.3) is 0 Å². The summed E-state index contributed by atoms with van der Waals surface area (Å²) in [6.45, 7) is 9.29. The van der Waals surface area contributed by atoms with Crippen molar-refractivity contribution in [2.75, 3.05) is 52.5 Å². The summed E-state index contributed by atoms with van der Waals surface area (Å²) in [5, 5.41) is 20.6. The Labute approximate surface area is 179 Å². The standard InChI is InChI=1S/C24H34N2O4/c1-19-5-3-7-23(13-19)29-17-21(27)15-25-9-11-26(12-10-25)16-22(28)18-30-24-8-4-6-20(2)14-24/h3-8,13-14,21-22,27-28H,9-12,15-18H2,1-2H3/t21-,22-/m1/s1. The number of aliphatic hydroxyl groups excluding tert-OH is 2. The average Bonchev–Trinajstić information content (AvgIpc) is 2.72. The maximum Gasteiger partial charge on any atom is 0.119 e. The molecule has 0 spiro atoms. The highest BCUT2D eigenvalue weighted by Crippen LogP contribution is 2.14. The number of aryl methyl sites for hydroxylation is 2. The fraction of sp³-hybridized carbons (Fsp3) is 0.500. The number of hydrogen-bond donors (Lipinski definition) is 2. The minimum Gasteiger partial charge on any atom is -0.491 e. The predicted molar refractivity (Wildman–Crippen MR) is 118 cm³/mol. The van der Waals surface area contributed by atoms with Crippen LogP contribution in [0.15, 0.2) is 48.5 Å². The van der Waals surface area contributed by atoms with E-state index in [4.69, 9.17) is 9.47 Å². The van der Waals surface area contributed by atoms with Crippen molar-refractivity contribution in [3.63, 3.8) is 0 Å². The van der Waals surface area contributed by atoms with Gasteiger partial charge in [-0.2, -0.15) is 0 Å². The Hall–Kier alpha value is -2.12. The molecule has 1 fully saturated rings. The van der Waals surface area contributed by atoms with Crippen LogP contribution in [-0.4, -0.2) is 84.7 Å². The third-order valence-corrected chi connectivity index (χ3v) is 5.27. The Bertz CT molecular complexity index is 712. The van der Waals surface area contributed by atoms with Crippen LogP contribution in [0.4, 0.5) is 0 Å². The van der Waals surface area contributed by atoms with Gasteiger partial charge >= 0.3 is 0 Å². The van der Waals surface area contributed by atoms with Crippen molar-refractivity contribution < 1.29 is 19.7 Å². The molecule has 0 amide bonds. The van der Waals surface area contributed by atoms with Gasteiger partial charge in [-0.25, -0.2) is 0 Å². The lowest BCUT2D eigenvalue weighted by Crippen LogP contribution is -2.51. The van der Waals surface area contributed by atoms with E-state index in [2.05, 4.69) is 9.80 Å². The van der Waals surface area contributed by atoms with Gasteiger partial charge in [0.2, 0.25) is 0 Å². The summed E-state index contributed by atoms with van der Waals surface area (Å²) < 4.78 is 11.4. The van der Waals surface area contributed by atoms with E-state index < -0.39 is 12.2 Å². The molecule has 6 heteroatoms. The van der Waals surface area contributed by atoms with Crippen molar-refractivity contribution in [2.45, 2.75) is 26.1 Å². The van der Waals surface area contributed by atoms with E-state index in [0.717, 1.165) is 48.8 Å². The summed E-state index contributed by atoms with van der Waals surface area (Å²) in [6, 6.07) is 15.7. The number of rotatable bonds is 10. The molecule has 0 radical (unpaired) electrons. The third kappa shape index (κ3) is 7.61. The molecule has 1 heterocycles. The molecule has 3 rings (SSSR count). The van der Waals surface area contributed by atoms with Gasteiger partial charge in [0.1, 0.15) is 36.9 Å². The van der Waals surface area contributed by atoms with Gasteiger partial charge in [-0.3, -0.25) is 9.80 Å². The van der Waals surface area contributed by atoms with Gasteiger partial charge in [-0.05, 0) is 49.2 Å². The molecule has 1 aliphatic rings. The number of piperazine rings is 1. The first-order chi connectivity index (χ1) is 14.5. The quantitative estimate of drug-likeness (QED) is 0.621. The molecule has 2 N–H and O–H groups in total. The van der Waals surface area contributed by atoms with E-state index >= 15 is 0 Å². The molecule has 0 aliphatic carbocycles. The van der Waals surface area contributed by atoms with E-state index in [1.807, 2.05) is 62.4 Å². The fourth-order valence-electron chi connectivity index (χ4n) is 3.65. The third-order valence-electron chi connectivity index (χ3n) is 5.27. The number of aliphatic hydroxyl groups is 2. The molecule has 6 nitrogen and oxygen atoms in total. The van der Waals surface area contributed by atoms with Crippen LogP contribution in [0.5, 0.6) is 11.5 Å². The van der Waals surface area contributed by atoms with Gasteiger partial charge in [0.15, 0.2) is 0 Å². The van der Waals surface area contributed by atoms with Crippen LogP contribution in [0.1, 0.15) is 11.1 Å². The van der Waals surface area contributed by atoms with Crippen LogP contribution in [0, 0.1) is 13.8 Å². The Balaban J connectivity index is 1.31. The van der Waals surface area contributed by atoms with Crippen LogP contribution in [0.2, 0.25) is 0 Å². The lowest BCUT2D eigenvalue weighted by molar-refractivity contribution is 0.0240. The first-order valence-corrected chi connectivity index (χ1v) is 10.7. The topological polar surface area (TPSA) is 65.4 Å². The van der Waals surface area contributed by atoms with Gasteiger partial charge in [-0.1, -0.05) is 24.3 Å². The second-order valence-corrected chi connectivity index (χ2v) is 8.16. The molecule has 0 aromatic heterocycles. The van der Waals surface area contributed by atoms with E-state index in [9.17, 15) is 10.2 Å². The van der Waals surface area contributed by atoms with Crippen molar-refractivity contribution in [1.29, 1.82) is 0 Å². The predicted octanol–water partition coefficient (Wildman–Crippen LogP) is 2.10. The van der Waals surface area contributed by atoms with Crippen molar-refractivity contribution >= 4 is 0 Å². The van der Waals surface area contributed by atoms with E-state index in [1.54, 1.807) is 0 Å². The monoisotopic (exact) mass is 414 g/mol. The zero-order valence-electron chi connectivity index (χ0n) is 18.0. The fourth-order valence-corrected chi connectivity index (χ4v) is 3.65. The molecular formula is C24H34N2O4. The van der Waals surface area contributed by atoms with Crippen LogP contribution >= 0.6 is 0 Å². The normalized spacial score (nSPS) is 17.5. The average molecular weight is 415 g/mol. The highest BCUT2D eigenvalue weighted by Gasteiger charge is 2.21. The van der Waals surface area contributed by atoms with Gasteiger partial charge < -0.3 is 19.7 Å². The molecule has 2 atom stereocenters. The van der Waals surface area contributed by atoms with Gasteiger partial charge in [0.25, 0.3) is 0 Å². The van der Waals surface area contributed by atoms with Gasteiger partial charge in [0.05, 0.1) is 0 Å². The zero-order chi connectivity index (χ0) is 21.3. The van der Waals surface area contributed by atoms with Gasteiger partial charge in [0, 0.05) is 39.3 Å². The number of β-amino-alcohol motifs (C(OH)–C–C–N with tert-alkyl or cyclic N) is 2. The Morgan fingerprint density at radius 2 is 1.13 bits per heavy atom. The van der Waals surface area contributed by atoms with Crippen LogP contribution in [-0.2, 0) is 0 Å². The number of benzene rings is 2. The molecular weight excluding hydrogens is 380 g/mol. The summed E-state index contributed by atoms with van der Waals surface area (Å²) in [4.78, 5) is 4.49. The summed E-state index contributed by atoms with van der Waals surface area (Å²) in [5.41, 5.74) is 2.29. The summed E-state index contributed by atoms with van der Waals surface area (Å²) in [5.74, 6) is 1.58. The smallest absolute Gasteiger partial charge is 0.119 e. The number of ether oxygens (including phenoxy) is 2. The van der Waals surface area contributed by atoms with Crippen molar-refractivity contribution in [1.82, 2.24) is 9.80 Å². The maximum absolute atomic E-state index is 10.3. The summed E-state index contributed by atoms with van der Waals surface area (Å²) in [6.07, 6.45) is -1.05. The van der Waals surface area contributed by atoms with E-state index in [-0.39, 0.29) is 0 Å². The molecule has 1 aliphatic heterocycles. The highest BCUT2D eigenvalue weighted by atomic mass is 16.5. The molecule has 1 saturated heterocycles.